The van der Waals surface area contributed by atoms with Crippen molar-refractivity contribution in [1.29, 1.82) is 0 Å². The van der Waals surface area contributed by atoms with Crippen LogP contribution in [-0.2, 0) is 0 Å². The Hall–Kier alpha value is -4.20. The van der Waals surface area contributed by atoms with Crippen LogP contribution < -0.4 is 11.1 Å². The van der Waals surface area contributed by atoms with Crippen LogP contribution in [0.15, 0.2) is 75.8 Å². The van der Waals surface area contributed by atoms with E-state index in [1.165, 1.54) is 12.3 Å². The van der Waals surface area contributed by atoms with Gasteiger partial charge in [-0.05, 0) is 48.5 Å². The lowest BCUT2D eigenvalue weighted by atomic mass is 10.1. The molecule has 0 saturated carbocycles. The number of benzene rings is 2. The third kappa shape index (κ3) is 3.51. The molecule has 0 spiro atoms. The molecule has 28 heavy (non-hydrogen) atoms. The molecule has 0 atom stereocenters. The molecule has 2 amide bonds. The van der Waals surface area contributed by atoms with E-state index in [9.17, 15) is 9.59 Å². The molecule has 0 saturated heterocycles. The van der Waals surface area contributed by atoms with Crippen LogP contribution in [0.3, 0.4) is 0 Å². The number of hydrogen-bond donors (Lipinski definition) is 2. The summed E-state index contributed by atoms with van der Waals surface area (Å²) in [5, 5.41) is 10.7. The minimum absolute atomic E-state index is 0.262. The van der Waals surface area contributed by atoms with E-state index in [1.54, 1.807) is 54.6 Å². The van der Waals surface area contributed by atoms with Crippen LogP contribution in [0, 0.1) is 0 Å². The molecule has 0 radical (unpaired) electrons. The van der Waals surface area contributed by atoms with Crippen molar-refractivity contribution < 1.29 is 18.4 Å². The molecule has 8 heteroatoms. The number of amides is 2. The summed E-state index contributed by atoms with van der Waals surface area (Å²) in [6.07, 6.45) is 1.52. The standard InChI is InChI=1S/C20H14N4O4/c21-17(25)12-4-1-5-13(10-12)18(26)22-15-7-2-6-14(11-15)19-23-24-20(28-19)16-8-3-9-27-16/h1-11H,(H2,21,25)(H,22,26). The molecule has 4 aromatic rings. The van der Waals surface area contributed by atoms with Crippen LogP contribution in [0.4, 0.5) is 5.69 Å². The first kappa shape index (κ1) is 17.2. The van der Waals surface area contributed by atoms with Crippen molar-refractivity contribution in [2.45, 2.75) is 0 Å². The molecule has 2 aromatic carbocycles. The maximum Gasteiger partial charge on any atom is 0.283 e. The monoisotopic (exact) mass is 374 g/mol. The second kappa shape index (κ2) is 7.20. The maximum atomic E-state index is 12.5. The summed E-state index contributed by atoms with van der Waals surface area (Å²) in [5.41, 5.74) is 7.00. The molecule has 0 fully saturated rings. The van der Waals surface area contributed by atoms with E-state index >= 15 is 0 Å². The van der Waals surface area contributed by atoms with Gasteiger partial charge in [-0.15, -0.1) is 10.2 Å². The molecule has 4 rings (SSSR count). The summed E-state index contributed by atoms with van der Waals surface area (Å²) in [4.78, 5) is 23.8. The van der Waals surface area contributed by atoms with Gasteiger partial charge in [-0.1, -0.05) is 12.1 Å². The van der Waals surface area contributed by atoms with Crippen molar-refractivity contribution in [3.05, 3.63) is 78.1 Å². The van der Waals surface area contributed by atoms with Gasteiger partial charge in [0.2, 0.25) is 11.8 Å². The zero-order chi connectivity index (χ0) is 19.5. The summed E-state index contributed by atoms with van der Waals surface area (Å²) in [6, 6.07) is 16.6. The van der Waals surface area contributed by atoms with Crippen molar-refractivity contribution in [2.24, 2.45) is 5.73 Å². The molecule has 0 aliphatic heterocycles. The summed E-state index contributed by atoms with van der Waals surface area (Å²) in [5.74, 6) is 0.0518. The summed E-state index contributed by atoms with van der Waals surface area (Å²) in [7, 11) is 0. The van der Waals surface area contributed by atoms with Crippen molar-refractivity contribution >= 4 is 17.5 Å². The summed E-state index contributed by atoms with van der Waals surface area (Å²) >= 11 is 0. The van der Waals surface area contributed by atoms with E-state index in [0.717, 1.165) is 0 Å². The normalized spacial score (nSPS) is 10.6. The van der Waals surface area contributed by atoms with Gasteiger partial charge in [0.05, 0.1) is 6.26 Å². The van der Waals surface area contributed by atoms with E-state index in [4.69, 9.17) is 14.6 Å². The first-order valence-corrected chi connectivity index (χ1v) is 8.29. The number of furan rings is 1. The molecular weight excluding hydrogens is 360 g/mol. The Morgan fingerprint density at radius 1 is 0.893 bits per heavy atom. The highest BCUT2D eigenvalue weighted by molar-refractivity contribution is 6.06. The van der Waals surface area contributed by atoms with Crippen LogP contribution in [-0.4, -0.2) is 22.0 Å². The van der Waals surface area contributed by atoms with Gasteiger partial charge in [0.25, 0.3) is 11.8 Å². The van der Waals surface area contributed by atoms with Gasteiger partial charge in [-0.2, -0.15) is 0 Å². The number of nitrogens with one attached hydrogen (secondary N) is 1. The van der Waals surface area contributed by atoms with Crippen LogP contribution in [0.25, 0.3) is 23.1 Å². The molecule has 0 bridgehead atoms. The molecule has 0 unspecified atom stereocenters. The third-order valence-electron chi connectivity index (χ3n) is 3.93. The number of aromatic nitrogens is 2. The fourth-order valence-corrected chi connectivity index (χ4v) is 2.59. The third-order valence-corrected chi connectivity index (χ3v) is 3.93. The molecule has 0 aliphatic rings. The lowest BCUT2D eigenvalue weighted by molar-refractivity contribution is 0.1000. The zero-order valence-corrected chi connectivity index (χ0v) is 14.5. The van der Waals surface area contributed by atoms with Gasteiger partial charge in [0.1, 0.15) is 0 Å². The number of nitrogens with two attached hydrogens (primary N) is 1. The maximum absolute atomic E-state index is 12.5. The Morgan fingerprint density at radius 3 is 2.46 bits per heavy atom. The van der Waals surface area contributed by atoms with Gasteiger partial charge < -0.3 is 19.9 Å². The van der Waals surface area contributed by atoms with Gasteiger partial charge >= 0.3 is 0 Å². The summed E-state index contributed by atoms with van der Waals surface area (Å²) < 4.78 is 10.9. The summed E-state index contributed by atoms with van der Waals surface area (Å²) in [6.45, 7) is 0. The molecule has 2 heterocycles. The first-order valence-electron chi connectivity index (χ1n) is 8.29. The number of hydrogen-bond acceptors (Lipinski definition) is 6. The lowest BCUT2D eigenvalue weighted by Crippen LogP contribution is -2.15. The van der Waals surface area contributed by atoms with E-state index in [2.05, 4.69) is 15.5 Å². The number of nitrogens with zero attached hydrogens (tertiary/aromatic N) is 2. The second-order valence-electron chi connectivity index (χ2n) is 5.87. The van der Waals surface area contributed by atoms with E-state index < -0.39 is 5.91 Å². The smallest absolute Gasteiger partial charge is 0.283 e. The van der Waals surface area contributed by atoms with Crippen LogP contribution in [0.5, 0.6) is 0 Å². The first-order chi connectivity index (χ1) is 13.6. The SMILES string of the molecule is NC(=O)c1cccc(C(=O)Nc2cccc(-c3nnc(-c4ccco4)o3)c2)c1. The highest BCUT2D eigenvalue weighted by Gasteiger charge is 2.14. The van der Waals surface area contributed by atoms with Crippen LogP contribution in [0.2, 0.25) is 0 Å². The fourth-order valence-electron chi connectivity index (χ4n) is 2.59. The Kier molecular flexibility index (Phi) is 4.43. The Bertz CT molecular complexity index is 1150. The Balaban J connectivity index is 1.55. The van der Waals surface area contributed by atoms with Gasteiger partial charge in [-0.3, -0.25) is 9.59 Å². The number of rotatable bonds is 5. The average molecular weight is 374 g/mol. The molecular formula is C20H14N4O4. The quantitative estimate of drug-likeness (QED) is 0.552. The van der Waals surface area contributed by atoms with Crippen molar-refractivity contribution in [3.8, 4) is 23.1 Å². The number of carbonyl (C=O) groups is 2. The van der Waals surface area contributed by atoms with Crippen LogP contribution in [0.1, 0.15) is 20.7 Å². The average Bonchev–Trinajstić information content (AvgIpc) is 3.40. The van der Waals surface area contributed by atoms with Gasteiger partial charge in [0, 0.05) is 22.4 Å². The van der Waals surface area contributed by atoms with Gasteiger partial charge in [0.15, 0.2) is 5.76 Å². The fraction of sp³-hybridized carbons (Fsp3) is 0. The number of carbonyl (C=O) groups excluding carboxylic acids is 2. The molecule has 3 N–H and O–H groups in total. The topological polar surface area (TPSA) is 124 Å². The van der Waals surface area contributed by atoms with E-state index in [-0.39, 0.29) is 17.4 Å². The van der Waals surface area contributed by atoms with Crippen molar-refractivity contribution in [3.63, 3.8) is 0 Å². The van der Waals surface area contributed by atoms with E-state index in [1.807, 2.05) is 0 Å². The molecule has 2 aromatic heterocycles. The minimum Gasteiger partial charge on any atom is -0.459 e. The molecule has 138 valence electrons. The Labute approximate surface area is 159 Å². The highest BCUT2D eigenvalue weighted by atomic mass is 16.4. The van der Waals surface area contributed by atoms with Crippen LogP contribution >= 0.6 is 0 Å². The van der Waals surface area contributed by atoms with E-state index in [0.29, 0.717) is 28.5 Å². The van der Waals surface area contributed by atoms with Gasteiger partial charge in [-0.25, -0.2) is 0 Å². The van der Waals surface area contributed by atoms with Crippen molar-refractivity contribution in [1.82, 2.24) is 10.2 Å². The number of primary amides is 1. The zero-order valence-electron chi connectivity index (χ0n) is 14.5. The predicted molar refractivity (Wildman–Crippen MR) is 100 cm³/mol. The molecule has 0 aliphatic carbocycles. The number of anilines is 1. The second-order valence-corrected chi connectivity index (χ2v) is 5.87. The lowest BCUT2D eigenvalue weighted by Gasteiger charge is -2.07. The largest absolute Gasteiger partial charge is 0.459 e. The minimum atomic E-state index is -0.597. The predicted octanol–water partition coefficient (Wildman–Crippen LogP) is 3.35. The highest BCUT2D eigenvalue weighted by Crippen LogP contribution is 2.26. The Morgan fingerprint density at radius 2 is 1.68 bits per heavy atom. The van der Waals surface area contributed by atoms with Crippen molar-refractivity contribution in [2.75, 3.05) is 5.32 Å². The molecule has 8 nitrogen and oxygen atoms in total.